The smallest absolute Gasteiger partial charge is 0.268 e. The van der Waals surface area contributed by atoms with Gasteiger partial charge in [0.05, 0.1) is 17.1 Å². The average Bonchev–Trinajstić information content (AvgIpc) is 3.07. The zero-order valence-electron chi connectivity index (χ0n) is 14.1. The first-order valence-electron chi connectivity index (χ1n) is 7.81. The first-order chi connectivity index (χ1) is 12.3. The van der Waals surface area contributed by atoms with Crippen LogP contribution in [0.1, 0.15) is 12.0 Å². The lowest BCUT2D eigenvalue weighted by Gasteiger charge is -2.19. The maximum atomic E-state index is 13.9. The highest BCUT2D eigenvalue weighted by atomic mass is 35.5. The third kappa shape index (κ3) is 3.77. The largest absolute Gasteiger partial charge is 0.382 e. The maximum Gasteiger partial charge on any atom is 0.268 e. The van der Waals surface area contributed by atoms with E-state index in [4.69, 9.17) is 16.4 Å². The molecular formula is C18H16ClF2N3O2. The minimum Gasteiger partial charge on any atom is -0.382 e. The number of benzene rings is 2. The molecule has 0 fully saturated rings. The summed E-state index contributed by atoms with van der Waals surface area (Å²) in [6.45, 7) is 0. The van der Waals surface area contributed by atoms with Crippen molar-refractivity contribution >= 4 is 34.6 Å². The van der Waals surface area contributed by atoms with Crippen LogP contribution in [0.3, 0.4) is 0 Å². The fourth-order valence-corrected chi connectivity index (χ4v) is 2.78. The van der Waals surface area contributed by atoms with Gasteiger partial charge in [-0.1, -0.05) is 16.8 Å². The van der Waals surface area contributed by atoms with Crippen LogP contribution in [0.4, 0.5) is 20.2 Å². The predicted molar refractivity (Wildman–Crippen MR) is 96.8 cm³/mol. The molecule has 0 saturated heterocycles. The summed E-state index contributed by atoms with van der Waals surface area (Å²) in [6, 6.07) is 8.16. The number of oxime groups is 1. The van der Waals surface area contributed by atoms with Gasteiger partial charge in [-0.2, -0.15) is 0 Å². The third-order valence-electron chi connectivity index (χ3n) is 3.90. The Labute approximate surface area is 154 Å². The van der Waals surface area contributed by atoms with Crippen molar-refractivity contribution in [3.63, 3.8) is 0 Å². The van der Waals surface area contributed by atoms with Gasteiger partial charge in [0.2, 0.25) is 6.10 Å². The molecule has 2 aromatic rings. The normalized spacial score (nSPS) is 16.0. The van der Waals surface area contributed by atoms with Crippen molar-refractivity contribution in [1.29, 1.82) is 0 Å². The molecule has 1 atom stereocenters. The summed E-state index contributed by atoms with van der Waals surface area (Å²) in [5.41, 5.74) is 1.44. The number of hydrogen-bond acceptors (Lipinski definition) is 4. The molecule has 0 spiro atoms. The van der Waals surface area contributed by atoms with Crippen LogP contribution in [-0.2, 0) is 9.63 Å². The molecule has 0 saturated carbocycles. The molecule has 0 aliphatic carbocycles. The number of nitrogens with zero attached hydrogens (tertiary/aromatic N) is 2. The van der Waals surface area contributed by atoms with E-state index in [0.29, 0.717) is 10.7 Å². The number of halogens is 3. The molecule has 1 aliphatic heterocycles. The van der Waals surface area contributed by atoms with Gasteiger partial charge >= 0.3 is 0 Å². The van der Waals surface area contributed by atoms with Crippen molar-refractivity contribution in [1.82, 2.24) is 0 Å². The Morgan fingerprint density at radius 2 is 2.04 bits per heavy atom. The zero-order chi connectivity index (χ0) is 18.8. The molecule has 0 radical (unpaired) electrons. The molecule has 1 N–H and O–H groups in total. The number of rotatable bonds is 4. The highest BCUT2D eigenvalue weighted by molar-refractivity contribution is 6.31. The average molecular weight is 380 g/mol. The Balaban J connectivity index is 1.74. The van der Waals surface area contributed by atoms with Crippen molar-refractivity contribution in [2.75, 3.05) is 24.3 Å². The number of carbonyl (C=O) groups excluding carboxylic acids is 1. The molecule has 26 heavy (non-hydrogen) atoms. The summed E-state index contributed by atoms with van der Waals surface area (Å²) >= 11 is 6.00. The Bertz CT molecular complexity index is 887. The van der Waals surface area contributed by atoms with Crippen LogP contribution in [0.5, 0.6) is 0 Å². The van der Waals surface area contributed by atoms with E-state index < -0.39 is 23.6 Å². The van der Waals surface area contributed by atoms with Gasteiger partial charge in [-0.25, -0.2) is 8.78 Å². The van der Waals surface area contributed by atoms with Gasteiger partial charge < -0.3 is 15.1 Å². The topological polar surface area (TPSA) is 53.9 Å². The van der Waals surface area contributed by atoms with Gasteiger partial charge in [0.15, 0.2) is 0 Å². The lowest BCUT2D eigenvalue weighted by Crippen LogP contribution is -2.29. The highest BCUT2D eigenvalue weighted by Crippen LogP contribution is 2.29. The number of nitrogens with one attached hydrogen (secondary N) is 1. The van der Waals surface area contributed by atoms with E-state index in [1.807, 2.05) is 19.0 Å². The molecule has 5 nitrogen and oxygen atoms in total. The number of carbonyl (C=O) groups is 1. The van der Waals surface area contributed by atoms with E-state index in [-0.39, 0.29) is 17.7 Å². The summed E-state index contributed by atoms with van der Waals surface area (Å²) in [6.07, 6.45) is -0.911. The van der Waals surface area contributed by atoms with E-state index in [9.17, 15) is 13.6 Å². The third-order valence-corrected chi connectivity index (χ3v) is 4.13. The first kappa shape index (κ1) is 18.1. The van der Waals surface area contributed by atoms with Gasteiger partial charge in [-0.15, -0.1) is 0 Å². The van der Waals surface area contributed by atoms with Crippen molar-refractivity contribution < 1.29 is 18.4 Å². The lowest BCUT2D eigenvalue weighted by molar-refractivity contribution is -0.125. The second kappa shape index (κ2) is 7.29. The molecule has 1 unspecified atom stereocenters. The minimum absolute atomic E-state index is 0.0166. The monoisotopic (exact) mass is 379 g/mol. The van der Waals surface area contributed by atoms with E-state index in [1.165, 1.54) is 0 Å². The zero-order valence-corrected chi connectivity index (χ0v) is 14.8. The van der Waals surface area contributed by atoms with Gasteiger partial charge in [0.1, 0.15) is 11.6 Å². The molecule has 1 amide bonds. The quantitative estimate of drug-likeness (QED) is 0.878. The van der Waals surface area contributed by atoms with Crippen LogP contribution in [0.25, 0.3) is 0 Å². The van der Waals surface area contributed by atoms with Gasteiger partial charge in [0.25, 0.3) is 5.91 Å². The van der Waals surface area contributed by atoms with Gasteiger partial charge in [-0.05, 0) is 36.4 Å². The van der Waals surface area contributed by atoms with E-state index in [0.717, 1.165) is 23.9 Å². The Morgan fingerprint density at radius 1 is 1.27 bits per heavy atom. The van der Waals surface area contributed by atoms with E-state index in [2.05, 4.69) is 10.5 Å². The minimum atomic E-state index is -0.943. The van der Waals surface area contributed by atoms with E-state index >= 15 is 0 Å². The fraction of sp³-hybridized carbons (Fsp3) is 0.222. The van der Waals surface area contributed by atoms with Crippen LogP contribution in [-0.4, -0.2) is 31.8 Å². The molecule has 3 rings (SSSR count). The van der Waals surface area contributed by atoms with Crippen molar-refractivity contribution in [2.24, 2.45) is 5.16 Å². The summed E-state index contributed by atoms with van der Waals surface area (Å²) in [5, 5.41) is 6.95. The Kier molecular flexibility index (Phi) is 5.08. The van der Waals surface area contributed by atoms with Gasteiger partial charge in [-0.3, -0.25) is 4.79 Å². The fourth-order valence-electron chi connectivity index (χ4n) is 2.61. The molecule has 8 heteroatoms. The second-order valence-electron chi connectivity index (χ2n) is 6.01. The van der Waals surface area contributed by atoms with Crippen LogP contribution in [0.15, 0.2) is 41.6 Å². The van der Waals surface area contributed by atoms with Crippen molar-refractivity contribution in [3.05, 3.63) is 58.6 Å². The van der Waals surface area contributed by atoms with Crippen LogP contribution >= 0.6 is 11.6 Å². The molecular weight excluding hydrogens is 364 g/mol. The molecule has 136 valence electrons. The highest BCUT2D eigenvalue weighted by Gasteiger charge is 2.30. The molecule has 1 heterocycles. The first-order valence-corrected chi connectivity index (χ1v) is 8.19. The van der Waals surface area contributed by atoms with Gasteiger partial charge in [0, 0.05) is 31.1 Å². The number of hydrogen-bond donors (Lipinski definition) is 1. The number of amides is 1. The molecule has 2 aromatic carbocycles. The Morgan fingerprint density at radius 3 is 2.77 bits per heavy atom. The molecule has 0 aromatic heterocycles. The molecule has 1 aliphatic rings. The number of anilines is 2. The summed E-state index contributed by atoms with van der Waals surface area (Å²) in [4.78, 5) is 19.4. The van der Waals surface area contributed by atoms with Crippen LogP contribution in [0, 0.1) is 11.6 Å². The molecule has 0 bridgehead atoms. The SMILES string of the molecule is CN(C)c1ccc(Cl)cc1NC(=O)C1CC(c2cc(F)ccc2F)=NO1. The lowest BCUT2D eigenvalue weighted by atomic mass is 10.0. The van der Waals surface area contributed by atoms with Crippen molar-refractivity contribution in [2.45, 2.75) is 12.5 Å². The predicted octanol–water partition coefficient (Wildman–Crippen LogP) is 3.82. The summed E-state index contributed by atoms with van der Waals surface area (Å²) < 4.78 is 27.2. The second-order valence-corrected chi connectivity index (χ2v) is 6.44. The Hall–Kier alpha value is -2.67. The summed E-state index contributed by atoms with van der Waals surface area (Å²) in [5.74, 6) is -1.67. The van der Waals surface area contributed by atoms with E-state index in [1.54, 1.807) is 18.2 Å². The van der Waals surface area contributed by atoms with Crippen molar-refractivity contribution in [3.8, 4) is 0 Å². The maximum absolute atomic E-state index is 13.9. The van der Waals surface area contributed by atoms with Crippen LogP contribution in [0.2, 0.25) is 5.02 Å². The standard InChI is InChI=1S/C18H16ClF2N3O2/c1-24(2)16-6-3-10(19)7-15(16)22-18(25)17-9-14(23-26-17)12-8-11(20)4-5-13(12)21/h3-8,17H,9H2,1-2H3,(H,22,25). The summed E-state index contributed by atoms with van der Waals surface area (Å²) in [7, 11) is 3.66. The van der Waals surface area contributed by atoms with Crippen LogP contribution < -0.4 is 10.2 Å².